The number of hydrogen-bond acceptors (Lipinski definition) is 2. The van der Waals surface area contributed by atoms with Gasteiger partial charge in [0, 0.05) is 6.04 Å². The highest BCUT2D eigenvalue weighted by Crippen LogP contribution is 2.34. The van der Waals surface area contributed by atoms with Gasteiger partial charge >= 0.3 is 0 Å². The third-order valence-electron chi connectivity index (χ3n) is 4.18. The summed E-state index contributed by atoms with van der Waals surface area (Å²) >= 11 is 5.89. The van der Waals surface area contributed by atoms with Crippen LogP contribution in [0.5, 0.6) is 0 Å². The second-order valence-corrected chi connectivity index (χ2v) is 5.82. The van der Waals surface area contributed by atoms with Crippen molar-refractivity contribution in [3.05, 3.63) is 34.6 Å². The average Bonchev–Trinajstić information content (AvgIpc) is 2.89. The number of carbonyl (C=O) groups excluding carboxylic acids is 1. The number of amides is 1. The SMILES string of the molecule is O=C(NC1C[C@H]2CNC[C@H]2C1)c1c(F)cccc1Cl. The molecule has 2 aliphatic rings. The summed E-state index contributed by atoms with van der Waals surface area (Å²) in [4.78, 5) is 12.1. The molecule has 2 fully saturated rings. The minimum absolute atomic E-state index is 0.0423. The summed E-state index contributed by atoms with van der Waals surface area (Å²) in [5.74, 6) is 0.314. The van der Waals surface area contributed by atoms with Gasteiger partial charge in [-0.3, -0.25) is 4.79 Å². The molecule has 1 heterocycles. The van der Waals surface area contributed by atoms with Crippen molar-refractivity contribution < 1.29 is 9.18 Å². The fraction of sp³-hybridized carbons (Fsp3) is 0.500. The largest absolute Gasteiger partial charge is 0.349 e. The van der Waals surface area contributed by atoms with Gasteiger partial charge in [0.1, 0.15) is 5.82 Å². The number of carbonyl (C=O) groups is 1. The van der Waals surface area contributed by atoms with Crippen molar-refractivity contribution >= 4 is 17.5 Å². The lowest BCUT2D eigenvalue weighted by atomic mass is 10.0. The number of halogens is 2. The predicted octanol–water partition coefficient (Wildman–Crippen LogP) is 2.21. The molecule has 1 aliphatic carbocycles. The Morgan fingerprint density at radius 2 is 2.00 bits per heavy atom. The highest BCUT2D eigenvalue weighted by molar-refractivity contribution is 6.33. The number of nitrogens with one attached hydrogen (secondary N) is 2. The van der Waals surface area contributed by atoms with E-state index >= 15 is 0 Å². The van der Waals surface area contributed by atoms with Crippen LogP contribution in [0.2, 0.25) is 5.02 Å². The van der Waals surface area contributed by atoms with Gasteiger partial charge in [0.05, 0.1) is 10.6 Å². The molecule has 5 heteroatoms. The summed E-state index contributed by atoms with van der Waals surface area (Å²) in [6.07, 6.45) is 1.94. The molecule has 1 unspecified atom stereocenters. The lowest BCUT2D eigenvalue weighted by molar-refractivity contribution is 0.0932. The number of fused-ring (bicyclic) bond motifs is 1. The van der Waals surface area contributed by atoms with Crippen LogP contribution in [0, 0.1) is 17.7 Å². The predicted molar refractivity (Wildman–Crippen MR) is 71.7 cm³/mol. The van der Waals surface area contributed by atoms with Gasteiger partial charge in [-0.2, -0.15) is 0 Å². The normalized spacial score (nSPS) is 29.3. The van der Waals surface area contributed by atoms with Gasteiger partial charge < -0.3 is 10.6 Å². The van der Waals surface area contributed by atoms with E-state index in [0.29, 0.717) is 11.8 Å². The summed E-state index contributed by atoms with van der Waals surface area (Å²) in [7, 11) is 0. The minimum atomic E-state index is -0.565. The van der Waals surface area contributed by atoms with Crippen molar-refractivity contribution in [2.24, 2.45) is 11.8 Å². The van der Waals surface area contributed by atoms with Gasteiger partial charge in [-0.05, 0) is 49.9 Å². The van der Waals surface area contributed by atoms with Crippen LogP contribution in [0.3, 0.4) is 0 Å². The summed E-state index contributed by atoms with van der Waals surface area (Å²) < 4.78 is 13.7. The van der Waals surface area contributed by atoms with E-state index in [9.17, 15) is 9.18 Å². The number of rotatable bonds is 2. The molecule has 3 rings (SSSR count). The summed E-state index contributed by atoms with van der Waals surface area (Å²) in [5.41, 5.74) is -0.0423. The van der Waals surface area contributed by atoms with Gasteiger partial charge in [0.25, 0.3) is 5.91 Å². The monoisotopic (exact) mass is 282 g/mol. The zero-order chi connectivity index (χ0) is 13.4. The van der Waals surface area contributed by atoms with Crippen molar-refractivity contribution in [3.8, 4) is 0 Å². The smallest absolute Gasteiger partial charge is 0.255 e. The minimum Gasteiger partial charge on any atom is -0.349 e. The third-order valence-corrected chi connectivity index (χ3v) is 4.49. The van der Waals surface area contributed by atoms with E-state index in [1.165, 1.54) is 18.2 Å². The molecule has 1 saturated heterocycles. The van der Waals surface area contributed by atoms with Crippen LogP contribution in [0.4, 0.5) is 4.39 Å². The van der Waals surface area contributed by atoms with E-state index in [2.05, 4.69) is 10.6 Å². The second-order valence-electron chi connectivity index (χ2n) is 5.42. The van der Waals surface area contributed by atoms with Crippen molar-refractivity contribution in [1.82, 2.24) is 10.6 Å². The zero-order valence-corrected chi connectivity index (χ0v) is 11.2. The lowest BCUT2D eigenvalue weighted by Crippen LogP contribution is -2.34. The highest BCUT2D eigenvalue weighted by Gasteiger charge is 2.38. The Kier molecular flexibility index (Phi) is 3.46. The van der Waals surface area contributed by atoms with E-state index in [0.717, 1.165) is 25.9 Å². The molecule has 1 aliphatic heterocycles. The molecule has 102 valence electrons. The Bertz CT molecular complexity index is 476. The van der Waals surface area contributed by atoms with Gasteiger partial charge in [0.2, 0.25) is 0 Å². The number of hydrogen-bond donors (Lipinski definition) is 2. The third kappa shape index (κ3) is 2.47. The maximum Gasteiger partial charge on any atom is 0.255 e. The Labute approximate surface area is 116 Å². The van der Waals surface area contributed by atoms with Crippen molar-refractivity contribution in [2.45, 2.75) is 18.9 Å². The highest BCUT2D eigenvalue weighted by atomic mass is 35.5. The Hall–Kier alpha value is -1.13. The Morgan fingerprint density at radius 1 is 1.32 bits per heavy atom. The molecule has 1 saturated carbocycles. The van der Waals surface area contributed by atoms with Crippen molar-refractivity contribution in [2.75, 3.05) is 13.1 Å². The maximum absolute atomic E-state index is 13.7. The molecular weight excluding hydrogens is 267 g/mol. The quantitative estimate of drug-likeness (QED) is 0.873. The fourth-order valence-corrected chi connectivity index (χ4v) is 3.51. The Morgan fingerprint density at radius 3 is 2.63 bits per heavy atom. The second kappa shape index (κ2) is 5.10. The molecule has 3 atom stereocenters. The lowest BCUT2D eigenvalue weighted by Gasteiger charge is -2.14. The van der Waals surface area contributed by atoms with Gasteiger partial charge in [0.15, 0.2) is 0 Å². The first-order valence-electron chi connectivity index (χ1n) is 6.60. The van der Waals surface area contributed by atoms with Crippen LogP contribution in [0.25, 0.3) is 0 Å². The number of benzene rings is 1. The zero-order valence-electron chi connectivity index (χ0n) is 10.5. The van der Waals surface area contributed by atoms with Gasteiger partial charge in [-0.15, -0.1) is 0 Å². The van der Waals surface area contributed by atoms with Gasteiger partial charge in [-0.1, -0.05) is 17.7 Å². The van der Waals surface area contributed by atoms with Gasteiger partial charge in [-0.25, -0.2) is 4.39 Å². The standard InChI is InChI=1S/C14H16ClFN2O/c15-11-2-1-3-12(16)13(11)14(19)18-10-4-8-6-17-7-9(8)5-10/h1-3,8-10,17H,4-7H2,(H,18,19)/t8-,9+,10?. The van der Waals surface area contributed by atoms with Crippen molar-refractivity contribution in [1.29, 1.82) is 0 Å². The average molecular weight is 283 g/mol. The summed E-state index contributed by atoms with van der Waals surface area (Å²) in [6.45, 7) is 2.05. The van der Waals surface area contributed by atoms with E-state index in [1.54, 1.807) is 0 Å². The van der Waals surface area contributed by atoms with Crippen LogP contribution in [-0.2, 0) is 0 Å². The van der Waals surface area contributed by atoms with E-state index in [4.69, 9.17) is 11.6 Å². The molecule has 0 bridgehead atoms. The maximum atomic E-state index is 13.7. The Balaban J connectivity index is 1.69. The first-order valence-corrected chi connectivity index (χ1v) is 6.98. The topological polar surface area (TPSA) is 41.1 Å². The summed E-state index contributed by atoms with van der Waals surface area (Å²) in [5, 5.41) is 6.43. The van der Waals surface area contributed by atoms with E-state index in [-0.39, 0.29) is 16.6 Å². The molecule has 1 aromatic carbocycles. The van der Waals surface area contributed by atoms with Crippen LogP contribution < -0.4 is 10.6 Å². The molecular formula is C14H16ClFN2O. The van der Waals surface area contributed by atoms with Crippen LogP contribution in [-0.4, -0.2) is 25.0 Å². The first-order chi connectivity index (χ1) is 9.15. The molecule has 1 aromatic rings. The molecule has 1 amide bonds. The molecule has 0 aromatic heterocycles. The first kappa shape index (κ1) is 12.9. The van der Waals surface area contributed by atoms with Crippen LogP contribution >= 0.6 is 11.6 Å². The molecule has 3 nitrogen and oxygen atoms in total. The van der Waals surface area contributed by atoms with Crippen LogP contribution in [0.1, 0.15) is 23.2 Å². The summed E-state index contributed by atoms with van der Waals surface area (Å²) in [6, 6.07) is 4.43. The van der Waals surface area contributed by atoms with E-state index in [1.807, 2.05) is 0 Å². The molecule has 19 heavy (non-hydrogen) atoms. The molecule has 0 radical (unpaired) electrons. The van der Waals surface area contributed by atoms with Crippen molar-refractivity contribution in [3.63, 3.8) is 0 Å². The molecule has 0 spiro atoms. The fourth-order valence-electron chi connectivity index (χ4n) is 3.26. The van der Waals surface area contributed by atoms with E-state index < -0.39 is 11.7 Å². The molecule has 2 N–H and O–H groups in total. The van der Waals surface area contributed by atoms with Crippen LogP contribution in [0.15, 0.2) is 18.2 Å².